The van der Waals surface area contributed by atoms with E-state index >= 15 is 0 Å². The standard InChI is InChI=1S/C25H29N3O3S2/c29-25(26-16-22-17-32-18-27-22)24(15-19-7-3-1-4-8-19)28-33(30,31)23-13-11-21(12-14-23)20-9-5-2-6-10-20/h1,3-4,7-8,11-14,17-18,20,24,28H,2,5-6,9-10,15-16H2,(H,26,29). The van der Waals surface area contributed by atoms with Crippen LogP contribution in [0.1, 0.15) is 54.8 Å². The Morgan fingerprint density at radius 2 is 1.76 bits per heavy atom. The van der Waals surface area contributed by atoms with E-state index in [-0.39, 0.29) is 23.8 Å². The van der Waals surface area contributed by atoms with Crippen molar-refractivity contribution in [3.8, 4) is 0 Å². The molecule has 1 unspecified atom stereocenters. The van der Waals surface area contributed by atoms with Crippen LogP contribution in [0.2, 0.25) is 0 Å². The summed E-state index contributed by atoms with van der Waals surface area (Å²) in [4.78, 5) is 17.3. The summed E-state index contributed by atoms with van der Waals surface area (Å²) in [7, 11) is -3.87. The highest BCUT2D eigenvalue weighted by atomic mass is 32.2. The van der Waals surface area contributed by atoms with Gasteiger partial charge in [-0.05, 0) is 48.4 Å². The number of hydrogen-bond donors (Lipinski definition) is 2. The summed E-state index contributed by atoms with van der Waals surface area (Å²) in [6.07, 6.45) is 6.29. The second kappa shape index (κ2) is 11.0. The summed E-state index contributed by atoms with van der Waals surface area (Å²) < 4.78 is 28.9. The van der Waals surface area contributed by atoms with Crippen LogP contribution < -0.4 is 10.0 Å². The summed E-state index contributed by atoms with van der Waals surface area (Å²) in [6, 6.07) is 15.6. The highest BCUT2D eigenvalue weighted by Crippen LogP contribution is 2.32. The topological polar surface area (TPSA) is 88.2 Å². The summed E-state index contributed by atoms with van der Waals surface area (Å²) in [5, 5.41) is 4.66. The van der Waals surface area contributed by atoms with Crippen LogP contribution in [0, 0.1) is 0 Å². The first-order valence-corrected chi connectivity index (χ1v) is 13.7. The number of carbonyl (C=O) groups is 1. The number of nitrogens with one attached hydrogen (secondary N) is 2. The molecule has 0 bridgehead atoms. The number of carbonyl (C=O) groups excluding carboxylic acids is 1. The minimum atomic E-state index is -3.87. The highest BCUT2D eigenvalue weighted by molar-refractivity contribution is 7.89. The number of rotatable bonds is 9. The molecule has 6 nitrogen and oxygen atoms in total. The molecule has 2 aromatic carbocycles. The Hall–Kier alpha value is -2.55. The van der Waals surface area contributed by atoms with Gasteiger partial charge in [-0.3, -0.25) is 4.79 Å². The minimum absolute atomic E-state index is 0.174. The van der Waals surface area contributed by atoms with Gasteiger partial charge in [0.2, 0.25) is 15.9 Å². The molecule has 1 aliphatic rings. The fourth-order valence-electron chi connectivity index (χ4n) is 4.27. The van der Waals surface area contributed by atoms with Crippen LogP contribution in [-0.4, -0.2) is 25.4 Å². The zero-order chi connectivity index (χ0) is 23.1. The van der Waals surface area contributed by atoms with E-state index in [9.17, 15) is 13.2 Å². The van der Waals surface area contributed by atoms with Gasteiger partial charge in [-0.2, -0.15) is 4.72 Å². The van der Waals surface area contributed by atoms with Crippen molar-refractivity contribution in [2.24, 2.45) is 0 Å². The van der Waals surface area contributed by atoms with E-state index in [0.29, 0.717) is 5.92 Å². The minimum Gasteiger partial charge on any atom is -0.349 e. The molecule has 2 N–H and O–H groups in total. The quantitative estimate of drug-likeness (QED) is 0.472. The molecular formula is C25H29N3O3S2. The number of sulfonamides is 1. The maximum atomic E-state index is 13.2. The van der Waals surface area contributed by atoms with E-state index in [0.717, 1.165) is 24.1 Å². The van der Waals surface area contributed by atoms with Crippen molar-refractivity contribution >= 4 is 27.3 Å². The van der Waals surface area contributed by atoms with E-state index in [1.807, 2.05) is 47.8 Å². The lowest BCUT2D eigenvalue weighted by Crippen LogP contribution is -2.47. The summed E-state index contributed by atoms with van der Waals surface area (Å²) >= 11 is 1.45. The van der Waals surface area contributed by atoms with Gasteiger partial charge in [0.25, 0.3) is 0 Å². The molecule has 1 saturated carbocycles. The Labute approximate surface area is 199 Å². The van der Waals surface area contributed by atoms with Crippen LogP contribution in [0.4, 0.5) is 0 Å². The Morgan fingerprint density at radius 1 is 1.03 bits per heavy atom. The van der Waals surface area contributed by atoms with E-state index in [2.05, 4.69) is 15.0 Å². The van der Waals surface area contributed by atoms with Crippen LogP contribution in [-0.2, 0) is 27.8 Å². The number of benzene rings is 2. The maximum Gasteiger partial charge on any atom is 0.241 e. The van der Waals surface area contributed by atoms with Gasteiger partial charge in [-0.1, -0.05) is 61.7 Å². The maximum absolute atomic E-state index is 13.2. The van der Waals surface area contributed by atoms with Gasteiger partial charge in [0.05, 0.1) is 22.6 Å². The van der Waals surface area contributed by atoms with Crippen LogP contribution in [0.15, 0.2) is 70.4 Å². The third-order valence-corrected chi connectivity index (χ3v) is 8.21. The van der Waals surface area contributed by atoms with Gasteiger partial charge in [-0.25, -0.2) is 13.4 Å². The van der Waals surface area contributed by atoms with Crippen LogP contribution in [0.25, 0.3) is 0 Å². The molecule has 174 valence electrons. The summed E-state index contributed by atoms with van der Waals surface area (Å²) in [5.74, 6) is 0.125. The number of thiazole rings is 1. The van der Waals surface area contributed by atoms with E-state index in [1.165, 1.54) is 36.2 Å². The zero-order valence-corrected chi connectivity index (χ0v) is 20.1. The van der Waals surface area contributed by atoms with Crippen molar-refractivity contribution in [3.63, 3.8) is 0 Å². The predicted octanol–water partition coefficient (Wildman–Crippen LogP) is 4.40. The van der Waals surface area contributed by atoms with E-state index < -0.39 is 16.1 Å². The molecular weight excluding hydrogens is 454 g/mol. The fourth-order valence-corrected chi connectivity index (χ4v) is 6.03. The molecule has 0 aliphatic heterocycles. The smallest absolute Gasteiger partial charge is 0.241 e. The Balaban J connectivity index is 1.48. The van der Waals surface area contributed by atoms with Crippen molar-refractivity contribution in [3.05, 3.63) is 82.3 Å². The Kier molecular flexibility index (Phi) is 7.90. The summed E-state index contributed by atoms with van der Waals surface area (Å²) in [6.45, 7) is 0.255. The molecule has 1 atom stereocenters. The number of hydrogen-bond acceptors (Lipinski definition) is 5. The predicted molar refractivity (Wildman–Crippen MR) is 130 cm³/mol. The van der Waals surface area contributed by atoms with E-state index in [1.54, 1.807) is 17.6 Å². The van der Waals surface area contributed by atoms with Gasteiger partial charge >= 0.3 is 0 Å². The average Bonchev–Trinajstić information content (AvgIpc) is 3.37. The zero-order valence-electron chi connectivity index (χ0n) is 18.4. The fraction of sp³-hybridized carbons (Fsp3) is 0.360. The van der Waals surface area contributed by atoms with Crippen LogP contribution in [0.5, 0.6) is 0 Å². The molecule has 0 saturated heterocycles. The molecule has 0 spiro atoms. The first-order valence-electron chi connectivity index (χ1n) is 11.3. The largest absolute Gasteiger partial charge is 0.349 e. The molecule has 1 heterocycles. The lowest BCUT2D eigenvalue weighted by Gasteiger charge is -2.22. The summed E-state index contributed by atoms with van der Waals surface area (Å²) in [5.41, 5.74) is 4.51. The van der Waals surface area contributed by atoms with Crippen molar-refractivity contribution in [2.45, 2.75) is 61.9 Å². The van der Waals surface area contributed by atoms with Gasteiger partial charge in [0.1, 0.15) is 6.04 Å². The van der Waals surface area contributed by atoms with Gasteiger partial charge < -0.3 is 5.32 Å². The lowest BCUT2D eigenvalue weighted by molar-refractivity contribution is -0.122. The Bertz CT molecular complexity index is 1130. The molecule has 4 rings (SSSR count). The highest BCUT2D eigenvalue weighted by Gasteiger charge is 2.26. The molecule has 0 radical (unpaired) electrons. The van der Waals surface area contributed by atoms with Gasteiger partial charge in [0.15, 0.2) is 0 Å². The molecule has 1 aromatic heterocycles. The monoisotopic (exact) mass is 483 g/mol. The molecule has 1 aliphatic carbocycles. The SMILES string of the molecule is O=C(NCc1cscn1)C(Cc1ccccc1)NS(=O)(=O)c1ccc(C2CCCCC2)cc1. The van der Waals surface area contributed by atoms with Crippen molar-refractivity contribution in [1.29, 1.82) is 0 Å². The Morgan fingerprint density at radius 3 is 2.42 bits per heavy atom. The molecule has 1 amide bonds. The second-order valence-corrected chi connectivity index (χ2v) is 10.9. The number of amides is 1. The van der Waals surface area contributed by atoms with Crippen molar-refractivity contribution < 1.29 is 13.2 Å². The van der Waals surface area contributed by atoms with Crippen molar-refractivity contribution in [1.82, 2.24) is 15.0 Å². The third kappa shape index (κ3) is 6.50. The van der Waals surface area contributed by atoms with Gasteiger partial charge in [-0.15, -0.1) is 11.3 Å². The first kappa shape index (κ1) is 23.6. The van der Waals surface area contributed by atoms with Crippen LogP contribution in [0.3, 0.4) is 0 Å². The van der Waals surface area contributed by atoms with Crippen molar-refractivity contribution in [2.75, 3.05) is 0 Å². The van der Waals surface area contributed by atoms with Gasteiger partial charge in [0, 0.05) is 5.38 Å². The number of aromatic nitrogens is 1. The molecule has 1 fully saturated rings. The van der Waals surface area contributed by atoms with E-state index in [4.69, 9.17) is 0 Å². The average molecular weight is 484 g/mol. The van der Waals surface area contributed by atoms with Crippen LogP contribution >= 0.6 is 11.3 Å². The first-order chi connectivity index (χ1) is 16.0. The second-order valence-electron chi connectivity index (χ2n) is 8.47. The lowest BCUT2D eigenvalue weighted by atomic mass is 9.84. The normalized spacial score (nSPS) is 15.8. The molecule has 33 heavy (non-hydrogen) atoms. The number of nitrogens with zero attached hydrogens (tertiary/aromatic N) is 1. The molecule has 3 aromatic rings. The third-order valence-electron chi connectivity index (χ3n) is 6.09. The molecule has 8 heteroatoms.